The minimum absolute atomic E-state index is 0.235. The van der Waals surface area contributed by atoms with E-state index >= 15 is 0 Å². The van der Waals surface area contributed by atoms with E-state index in [0.29, 0.717) is 69.9 Å². The molecule has 1 aliphatic heterocycles. The maximum atomic E-state index is 13.3. The first-order valence-electron chi connectivity index (χ1n) is 14.8. The summed E-state index contributed by atoms with van der Waals surface area (Å²) in [6.45, 7) is 4.18. The number of rotatable bonds is 12. The average Bonchev–Trinajstić information content (AvgIpc) is 3.51. The first kappa shape index (κ1) is 30.1. The molecule has 5 aromatic rings. The number of hydrogen-bond donors (Lipinski definition) is 1. The molecule has 6 rings (SSSR count). The fraction of sp³-hybridized carbons (Fsp3) is 0.303. The van der Waals surface area contributed by atoms with Crippen molar-refractivity contribution in [1.29, 1.82) is 0 Å². The summed E-state index contributed by atoms with van der Waals surface area (Å²) >= 11 is 0. The molecule has 0 unspecified atom stereocenters. The van der Waals surface area contributed by atoms with Gasteiger partial charge < -0.3 is 28.6 Å². The maximum Gasteiger partial charge on any atom is 0.340 e. The second-order valence-electron chi connectivity index (χ2n) is 10.4. The molecule has 1 amide bonds. The van der Waals surface area contributed by atoms with E-state index < -0.39 is 0 Å². The van der Waals surface area contributed by atoms with Crippen molar-refractivity contribution < 1.29 is 28.5 Å². The highest BCUT2D eigenvalue weighted by molar-refractivity contribution is 5.95. The number of fused-ring (bicyclic) bond motifs is 2. The van der Waals surface area contributed by atoms with Crippen molar-refractivity contribution >= 4 is 33.7 Å². The smallest absolute Gasteiger partial charge is 0.340 e. The van der Waals surface area contributed by atoms with Gasteiger partial charge in [0.05, 0.1) is 24.2 Å². The van der Waals surface area contributed by atoms with Gasteiger partial charge in [0.25, 0.3) is 0 Å². The summed E-state index contributed by atoms with van der Waals surface area (Å²) in [5.74, 6) is 3.41. The number of hydrazine groups is 1. The number of benzene rings is 3. The third kappa shape index (κ3) is 6.93. The number of piperazine rings is 1. The van der Waals surface area contributed by atoms with E-state index in [1.807, 2.05) is 71.7 Å². The Labute approximate surface area is 261 Å². The van der Waals surface area contributed by atoms with E-state index in [1.165, 1.54) is 0 Å². The molecule has 12 heteroatoms. The van der Waals surface area contributed by atoms with Crippen molar-refractivity contribution in [1.82, 2.24) is 25.0 Å². The van der Waals surface area contributed by atoms with Crippen LogP contribution in [0.1, 0.15) is 0 Å². The van der Waals surface area contributed by atoms with Crippen LogP contribution in [0, 0.1) is 0 Å². The molecular weight excluding hydrogens is 576 g/mol. The summed E-state index contributed by atoms with van der Waals surface area (Å²) in [5.41, 5.74) is 4.57. The Morgan fingerprint density at radius 2 is 1.51 bits per heavy atom. The fourth-order valence-electron chi connectivity index (χ4n) is 5.24. The zero-order valence-corrected chi connectivity index (χ0v) is 25.3. The van der Waals surface area contributed by atoms with E-state index in [9.17, 15) is 4.79 Å². The Bertz CT molecular complexity index is 1740. The summed E-state index contributed by atoms with van der Waals surface area (Å²) in [7, 11) is 3.26. The molecule has 0 spiro atoms. The predicted molar refractivity (Wildman–Crippen MR) is 170 cm³/mol. The molecule has 0 radical (unpaired) electrons. The van der Waals surface area contributed by atoms with Crippen LogP contribution in [0.4, 0.5) is 10.6 Å². The molecule has 1 saturated heterocycles. The number of nitrogens with zero attached hydrogens (tertiary/aromatic N) is 5. The van der Waals surface area contributed by atoms with Gasteiger partial charge in [-0.25, -0.2) is 19.8 Å². The van der Waals surface area contributed by atoms with Gasteiger partial charge in [-0.1, -0.05) is 24.3 Å². The number of carbonyl (C=O) groups is 1. The minimum Gasteiger partial charge on any atom is -0.487 e. The Balaban J connectivity index is 1.13. The summed E-state index contributed by atoms with van der Waals surface area (Å²) in [5, 5.41) is 3.64. The molecular formula is C33H36N6O6. The van der Waals surface area contributed by atoms with Gasteiger partial charge in [-0.2, -0.15) is 0 Å². The van der Waals surface area contributed by atoms with Crippen molar-refractivity contribution in [2.45, 2.75) is 0 Å². The molecule has 2 aromatic heterocycles. The largest absolute Gasteiger partial charge is 0.487 e. The average molecular weight is 613 g/mol. The first-order valence-corrected chi connectivity index (χ1v) is 14.8. The fourth-order valence-corrected chi connectivity index (χ4v) is 5.24. The number of para-hydroxylation sites is 1. The van der Waals surface area contributed by atoms with E-state index in [2.05, 4.69) is 20.3 Å². The highest BCUT2D eigenvalue weighted by atomic mass is 16.5. The zero-order valence-electron chi connectivity index (χ0n) is 25.3. The lowest BCUT2D eigenvalue weighted by Crippen LogP contribution is -2.54. The van der Waals surface area contributed by atoms with Crippen LogP contribution >= 0.6 is 0 Å². The summed E-state index contributed by atoms with van der Waals surface area (Å²) < 4.78 is 29.9. The highest BCUT2D eigenvalue weighted by Crippen LogP contribution is 2.36. The summed E-state index contributed by atoms with van der Waals surface area (Å²) in [6.07, 6.45) is 3.32. The van der Waals surface area contributed by atoms with Crippen molar-refractivity contribution in [3.8, 4) is 23.0 Å². The molecule has 0 bridgehead atoms. The third-order valence-electron chi connectivity index (χ3n) is 7.49. The van der Waals surface area contributed by atoms with Crippen molar-refractivity contribution in [2.24, 2.45) is 0 Å². The number of carbonyl (C=O) groups excluding carboxylic acids is 1. The van der Waals surface area contributed by atoms with Crippen LogP contribution in [0.25, 0.3) is 21.8 Å². The number of aromatic nitrogens is 3. The second-order valence-corrected chi connectivity index (χ2v) is 10.4. The molecule has 0 aliphatic carbocycles. The standard InChI is InChI=1S/C33H36N6O6/c1-41-17-19-43-30-21-26-27(22-31(30)44-20-18-42-2)34-23-35-32(26)37-13-15-38(16-14-37)36-33(40)39-12-11-25-28(39)9-6-10-29(25)45-24-7-4-3-5-8-24/h3-12,21-23H,13-20H2,1-2H3,(H,36,40). The molecule has 1 N–H and O–H groups in total. The SMILES string of the molecule is COCCOc1cc2ncnc(N3CCN(NC(=O)n4ccc5c(Oc6ccccc6)cccc54)CC3)c2cc1OCCOC. The Kier molecular flexibility index (Phi) is 9.54. The molecule has 3 aromatic carbocycles. The number of amides is 1. The van der Waals surface area contributed by atoms with Gasteiger partial charge in [0.1, 0.15) is 36.9 Å². The van der Waals surface area contributed by atoms with Crippen molar-refractivity contribution in [3.63, 3.8) is 0 Å². The van der Waals surface area contributed by atoms with Crippen LogP contribution in [0.3, 0.4) is 0 Å². The van der Waals surface area contributed by atoms with Gasteiger partial charge in [-0.05, 0) is 36.4 Å². The Morgan fingerprint density at radius 1 is 0.778 bits per heavy atom. The Morgan fingerprint density at radius 3 is 2.24 bits per heavy atom. The van der Waals surface area contributed by atoms with Gasteiger partial charge in [0.15, 0.2) is 11.5 Å². The Hall–Kier alpha value is -4.91. The number of hydrogen-bond acceptors (Lipinski definition) is 10. The molecule has 1 aliphatic rings. The number of nitrogens with one attached hydrogen (secondary N) is 1. The van der Waals surface area contributed by atoms with Gasteiger partial charge in [-0.3, -0.25) is 9.99 Å². The number of anilines is 1. The van der Waals surface area contributed by atoms with E-state index in [0.717, 1.165) is 33.4 Å². The predicted octanol–water partition coefficient (Wildman–Crippen LogP) is 4.72. The number of methoxy groups -OCH3 is 2. The lowest BCUT2D eigenvalue weighted by Gasteiger charge is -2.35. The van der Waals surface area contributed by atoms with Crippen LogP contribution in [0.5, 0.6) is 23.0 Å². The van der Waals surface area contributed by atoms with Crippen LogP contribution in [-0.2, 0) is 9.47 Å². The molecule has 0 saturated carbocycles. The van der Waals surface area contributed by atoms with E-state index in [-0.39, 0.29) is 6.03 Å². The summed E-state index contributed by atoms with van der Waals surface area (Å²) in [4.78, 5) is 24.7. The third-order valence-corrected chi connectivity index (χ3v) is 7.49. The van der Waals surface area contributed by atoms with Gasteiger partial charge in [-0.15, -0.1) is 0 Å². The van der Waals surface area contributed by atoms with Gasteiger partial charge >= 0.3 is 6.03 Å². The monoisotopic (exact) mass is 612 g/mol. The second kappa shape index (κ2) is 14.2. The molecule has 234 valence electrons. The molecule has 0 atom stereocenters. The summed E-state index contributed by atoms with van der Waals surface area (Å²) in [6, 6.07) is 20.7. The van der Waals surface area contributed by atoms with Crippen LogP contribution < -0.4 is 24.5 Å². The topological polar surface area (TPSA) is 112 Å². The molecule has 12 nitrogen and oxygen atoms in total. The van der Waals surface area contributed by atoms with Crippen molar-refractivity contribution in [3.05, 3.63) is 79.3 Å². The molecule has 1 fully saturated rings. The van der Waals surface area contributed by atoms with Gasteiger partial charge in [0.2, 0.25) is 0 Å². The minimum atomic E-state index is -0.235. The van der Waals surface area contributed by atoms with Crippen LogP contribution in [0.15, 0.2) is 79.3 Å². The molecule has 3 heterocycles. The number of ether oxygens (including phenoxy) is 5. The first-order chi connectivity index (χ1) is 22.1. The normalized spacial score (nSPS) is 13.7. The lowest BCUT2D eigenvalue weighted by molar-refractivity contribution is 0.132. The van der Waals surface area contributed by atoms with Gasteiger partial charge in [0, 0.05) is 63.4 Å². The quantitative estimate of drug-likeness (QED) is 0.199. The highest BCUT2D eigenvalue weighted by Gasteiger charge is 2.23. The lowest BCUT2D eigenvalue weighted by atomic mass is 10.2. The van der Waals surface area contributed by atoms with Crippen molar-refractivity contribution in [2.75, 3.05) is 71.7 Å². The van der Waals surface area contributed by atoms with Crippen LogP contribution in [-0.4, -0.2) is 92.4 Å². The molecule has 45 heavy (non-hydrogen) atoms. The van der Waals surface area contributed by atoms with E-state index in [4.69, 9.17) is 23.7 Å². The van der Waals surface area contributed by atoms with E-state index in [1.54, 1.807) is 31.3 Å². The zero-order chi connectivity index (χ0) is 31.0. The van der Waals surface area contributed by atoms with Crippen LogP contribution in [0.2, 0.25) is 0 Å². The maximum absolute atomic E-state index is 13.3.